The van der Waals surface area contributed by atoms with E-state index in [1.807, 2.05) is 4.90 Å². The Morgan fingerprint density at radius 3 is 3.04 bits per heavy atom. The van der Waals surface area contributed by atoms with E-state index in [-0.39, 0.29) is 22.9 Å². The number of piperidine rings is 1. The van der Waals surface area contributed by atoms with Crippen LogP contribution in [0.4, 0.5) is 4.39 Å². The number of aromatic nitrogens is 1. The van der Waals surface area contributed by atoms with Crippen molar-refractivity contribution in [3.63, 3.8) is 0 Å². The van der Waals surface area contributed by atoms with Gasteiger partial charge in [-0.1, -0.05) is 12.5 Å². The molecular formula is C17H20FN3O2. The van der Waals surface area contributed by atoms with Gasteiger partial charge in [-0.15, -0.1) is 0 Å². The average molecular weight is 317 g/mol. The van der Waals surface area contributed by atoms with Gasteiger partial charge in [0.15, 0.2) is 5.43 Å². The van der Waals surface area contributed by atoms with Crippen molar-refractivity contribution in [2.75, 3.05) is 13.6 Å². The van der Waals surface area contributed by atoms with Gasteiger partial charge in [-0.05, 0) is 31.5 Å². The Morgan fingerprint density at radius 2 is 2.26 bits per heavy atom. The predicted octanol–water partition coefficient (Wildman–Crippen LogP) is 1.77. The molecule has 1 amide bonds. The van der Waals surface area contributed by atoms with E-state index in [4.69, 9.17) is 0 Å². The maximum Gasteiger partial charge on any atom is 0.237 e. The standard InChI is InChI=1S/C17H20FN3O2/c1-19-17(23)14-7-2-3-8-21(14)10-11-9-15(22)12-5-4-6-13(18)16(12)20-11/h4-6,9,14H,2-3,7-8,10H2,1H3,(H,19,23)(H,20,22)/t14-/m0/s1. The lowest BCUT2D eigenvalue weighted by molar-refractivity contribution is -0.127. The fraction of sp³-hybridized carbons (Fsp3) is 0.412. The number of nitrogens with zero attached hydrogens (tertiary/aromatic N) is 1. The summed E-state index contributed by atoms with van der Waals surface area (Å²) in [5.41, 5.74) is 0.647. The van der Waals surface area contributed by atoms with Gasteiger partial charge in [0.2, 0.25) is 5.91 Å². The van der Waals surface area contributed by atoms with Crippen molar-refractivity contribution in [3.8, 4) is 0 Å². The van der Waals surface area contributed by atoms with Crippen LogP contribution in [0.5, 0.6) is 0 Å². The third-order valence-electron chi connectivity index (χ3n) is 4.41. The highest BCUT2D eigenvalue weighted by atomic mass is 19.1. The van der Waals surface area contributed by atoms with E-state index >= 15 is 0 Å². The van der Waals surface area contributed by atoms with Crippen molar-refractivity contribution in [1.29, 1.82) is 0 Å². The number of nitrogens with one attached hydrogen (secondary N) is 2. The van der Waals surface area contributed by atoms with Crippen LogP contribution in [-0.2, 0) is 11.3 Å². The van der Waals surface area contributed by atoms with Gasteiger partial charge in [0.05, 0.1) is 11.6 Å². The van der Waals surface area contributed by atoms with E-state index in [0.29, 0.717) is 17.6 Å². The van der Waals surface area contributed by atoms with Crippen LogP contribution in [0.15, 0.2) is 29.1 Å². The maximum absolute atomic E-state index is 13.9. The molecule has 1 aliphatic heterocycles. The van der Waals surface area contributed by atoms with E-state index in [2.05, 4.69) is 10.3 Å². The highest BCUT2D eigenvalue weighted by Crippen LogP contribution is 2.20. The number of hydrogen-bond donors (Lipinski definition) is 2. The van der Waals surface area contributed by atoms with Gasteiger partial charge in [-0.2, -0.15) is 0 Å². The number of fused-ring (bicyclic) bond motifs is 1. The molecule has 1 saturated heterocycles. The molecule has 5 nitrogen and oxygen atoms in total. The summed E-state index contributed by atoms with van der Waals surface area (Å²) in [6.45, 7) is 1.22. The van der Waals surface area contributed by atoms with E-state index in [0.717, 1.165) is 25.8 Å². The van der Waals surface area contributed by atoms with Crippen molar-refractivity contribution >= 4 is 16.8 Å². The number of H-pyrrole nitrogens is 1. The number of rotatable bonds is 3. The van der Waals surface area contributed by atoms with E-state index in [9.17, 15) is 14.0 Å². The molecule has 0 spiro atoms. The number of likely N-dealkylation sites (tertiary alicyclic amines) is 1. The number of benzene rings is 1. The van der Waals surface area contributed by atoms with Crippen LogP contribution in [0.1, 0.15) is 25.0 Å². The van der Waals surface area contributed by atoms with Crippen LogP contribution in [0.3, 0.4) is 0 Å². The summed E-state index contributed by atoms with van der Waals surface area (Å²) in [4.78, 5) is 29.3. The first kappa shape index (κ1) is 15.7. The van der Waals surface area contributed by atoms with Gasteiger partial charge in [-0.3, -0.25) is 14.5 Å². The normalized spacial score (nSPS) is 19.0. The maximum atomic E-state index is 13.9. The van der Waals surface area contributed by atoms with Crippen LogP contribution in [-0.4, -0.2) is 35.4 Å². The molecule has 2 heterocycles. The smallest absolute Gasteiger partial charge is 0.237 e. The van der Waals surface area contributed by atoms with Crippen molar-refractivity contribution < 1.29 is 9.18 Å². The Hall–Kier alpha value is -2.21. The average Bonchev–Trinajstić information content (AvgIpc) is 2.56. The molecule has 1 aliphatic rings. The molecule has 122 valence electrons. The minimum absolute atomic E-state index is 0.0148. The summed E-state index contributed by atoms with van der Waals surface area (Å²) in [6.07, 6.45) is 2.82. The minimum Gasteiger partial charge on any atom is -0.358 e. The lowest BCUT2D eigenvalue weighted by atomic mass is 10.0. The quantitative estimate of drug-likeness (QED) is 0.907. The highest BCUT2D eigenvalue weighted by Gasteiger charge is 2.28. The molecule has 1 atom stereocenters. The first-order chi connectivity index (χ1) is 11.1. The van der Waals surface area contributed by atoms with Crippen molar-refractivity contribution in [2.24, 2.45) is 0 Å². The van der Waals surface area contributed by atoms with Crippen molar-refractivity contribution in [1.82, 2.24) is 15.2 Å². The topological polar surface area (TPSA) is 65.2 Å². The third kappa shape index (κ3) is 3.12. The first-order valence-corrected chi connectivity index (χ1v) is 7.86. The lowest BCUT2D eigenvalue weighted by Crippen LogP contribution is -2.48. The molecule has 0 radical (unpaired) electrons. The number of para-hydroxylation sites is 1. The number of aromatic amines is 1. The summed E-state index contributed by atoms with van der Waals surface area (Å²) in [6, 6.07) is 5.76. The van der Waals surface area contributed by atoms with Gasteiger partial charge < -0.3 is 10.3 Å². The van der Waals surface area contributed by atoms with Crippen LogP contribution in [0.25, 0.3) is 10.9 Å². The number of carbonyl (C=O) groups is 1. The Kier molecular flexibility index (Phi) is 4.43. The number of amides is 1. The van der Waals surface area contributed by atoms with E-state index in [1.54, 1.807) is 13.1 Å². The van der Waals surface area contributed by atoms with Gasteiger partial charge in [0.25, 0.3) is 0 Å². The largest absolute Gasteiger partial charge is 0.358 e. The molecule has 1 aromatic carbocycles. The Morgan fingerprint density at radius 1 is 1.43 bits per heavy atom. The van der Waals surface area contributed by atoms with Gasteiger partial charge in [-0.25, -0.2) is 4.39 Å². The summed E-state index contributed by atoms with van der Waals surface area (Å²) < 4.78 is 13.9. The molecule has 0 bridgehead atoms. The fourth-order valence-corrected chi connectivity index (χ4v) is 3.24. The Balaban J connectivity index is 1.92. The summed E-state index contributed by atoms with van der Waals surface area (Å²) in [5, 5.41) is 3.03. The number of likely N-dealkylation sites (N-methyl/N-ethyl adjacent to an activating group) is 1. The molecule has 0 unspecified atom stereocenters. The first-order valence-electron chi connectivity index (χ1n) is 7.86. The highest BCUT2D eigenvalue weighted by molar-refractivity contribution is 5.81. The number of carbonyl (C=O) groups excluding carboxylic acids is 1. The molecule has 3 rings (SSSR count). The summed E-state index contributed by atoms with van der Waals surface area (Å²) in [7, 11) is 1.63. The molecular weight excluding hydrogens is 297 g/mol. The molecule has 6 heteroatoms. The van der Waals surface area contributed by atoms with Crippen molar-refractivity contribution in [3.05, 3.63) is 46.0 Å². The molecule has 1 aromatic heterocycles. The monoisotopic (exact) mass is 317 g/mol. The zero-order valence-corrected chi connectivity index (χ0v) is 13.1. The zero-order valence-electron chi connectivity index (χ0n) is 13.1. The van der Waals surface area contributed by atoms with E-state index in [1.165, 1.54) is 18.2 Å². The lowest BCUT2D eigenvalue weighted by Gasteiger charge is -2.34. The van der Waals surface area contributed by atoms with Gasteiger partial charge in [0.1, 0.15) is 5.82 Å². The van der Waals surface area contributed by atoms with Crippen LogP contribution in [0.2, 0.25) is 0 Å². The summed E-state index contributed by atoms with van der Waals surface area (Å²) in [5.74, 6) is -0.457. The molecule has 2 N–H and O–H groups in total. The van der Waals surface area contributed by atoms with E-state index < -0.39 is 5.82 Å². The van der Waals surface area contributed by atoms with Gasteiger partial charge in [0, 0.05) is 30.7 Å². The minimum atomic E-state index is -0.442. The Bertz CT molecular complexity index is 787. The molecule has 23 heavy (non-hydrogen) atoms. The molecule has 2 aromatic rings. The van der Waals surface area contributed by atoms with Crippen LogP contribution < -0.4 is 10.7 Å². The second-order valence-electron chi connectivity index (χ2n) is 5.92. The third-order valence-corrected chi connectivity index (χ3v) is 4.41. The SMILES string of the molecule is CNC(=O)[C@@H]1CCCCN1Cc1cc(=O)c2cccc(F)c2[nH]1. The zero-order chi connectivity index (χ0) is 16.4. The second kappa shape index (κ2) is 6.50. The predicted molar refractivity (Wildman–Crippen MR) is 86.6 cm³/mol. The molecule has 0 saturated carbocycles. The van der Waals surface area contributed by atoms with Crippen LogP contribution >= 0.6 is 0 Å². The Labute approximate surface area is 133 Å². The van der Waals surface area contributed by atoms with Crippen molar-refractivity contribution in [2.45, 2.75) is 31.8 Å². The second-order valence-corrected chi connectivity index (χ2v) is 5.92. The number of halogens is 1. The van der Waals surface area contributed by atoms with Crippen LogP contribution in [0, 0.1) is 5.82 Å². The number of pyridine rings is 1. The number of hydrogen-bond acceptors (Lipinski definition) is 3. The fourth-order valence-electron chi connectivity index (χ4n) is 3.24. The molecule has 0 aliphatic carbocycles. The molecule has 1 fully saturated rings. The van der Waals surface area contributed by atoms with Gasteiger partial charge >= 0.3 is 0 Å². The summed E-state index contributed by atoms with van der Waals surface area (Å²) >= 11 is 0.